The van der Waals surface area contributed by atoms with Gasteiger partial charge in [0.25, 0.3) is 5.56 Å². The van der Waals surface area contributed by atoms with Gasteiger partial charge in [-0.3, -0.25) is 4.79 Å². The molecule has 60 valence electrons. The van der Waals surface area contributed by atoms with E-state index in [-0.39, 0.29) is 11.4 Å². The molecule has 0 unspecified atom stereocenters. The highest BCUT2D eigenvalue weighted by Gasteiger charge is 2.20. The molecular weight excluding hydrogens is 147 g/mol. The standard InChI is InChI=1S/C7H9FN2O/c1-7(2,8)6-9-4-3-5(11)10-6/h3-4H,1-2H3,(H,9,10,11). The predicted molar refractivity (Wildman–Crippen MR) is 39.0 cm³/mol. The molecule has 0 aromatic carbocycles. The molecule has 0 aliphatic heterocycles. The zero-order valence-corrected chi connectivity index (χ0v) is 6.39. The van der Waals surface area contributed by atoms with Crippen molar-refractivity contribution in [1.29, 1.82) is 0 Å². The largest absolute Gasteiger partial charge is 0.308 e. The van der Waals surface area contributed by atoms with Gasteiger partial charge in [0.05, 0.1) is 0 Å². The fraction of sp³-hybridized carbons (Fsp3) is 0.429. The number of alkyl halides is 1. The van der Waals surface area contributed by atoms with Crippen LogP contribution in [0.5, 0.6) is 0 Å². The van der Waals surface area contributed by atoms with Crippen LogP contribution < -0.4 is 5.56 Å². The quantitative estimate of drug-likeness (QED) is 0.658. The molecule has 1 heterocycles. The van der Waals surface area contributed by atoms with Crippen molar-refractivity contribution in [3.05, 3.63) is 28.4 Å². The molecule has 0 atom stereocenters. The van der Waals surface area contributed by atoms with Crippen molar-refractivity contribution in [2.24, 2.45) is 0 Å². The maximum absolute atomic E-state index is 13.1. The Bertz CT molecular complexity index is 300. The summed E-state index contributed by atoms with van der Waals surface area (Å²) >= 11 is 0. The minimum Gasteiger partial charge on any atom is -0.308 e. The molecule has 3 nitrogen and oxygen atoms in total. The van der Waals surface area contributed by atoms with Crippen LogP contribution in [0.3, 0.4) is 0 Å². The monoisotopic (exact) mass is 156 g/mol. The molecule has 0 spiro atoms. The molecule has 0 amide bonds. The summed E-state index contributed by atoms with van der Waals surface area (Å²) < 4.78 is 13.1. The van der Waals surface area contributed by atoms with Crippen molar-refractivity contribution in [2.45, 2.75) is 19.5 Å². The molecule has 1 aromatic heterocycles. The lowest BCUT2D eigenvalue weighted by Crippen LogP contribution is -2.19. The maximum atomic E-state index is 13.1. The number of aromatic amines is 1. The molecular formula is C7H9FN2O. The smallest absolute Gasteiger partial charge is 0.250 e. The van der Waals surface area contributed by atoms with Crippen LogP contribution in [-0.2, 0) is 5.67 Å². The summed E-state index contributed by atoms with van der Waals surface area (Å²) in [6, 6.07) is 1.25. The van der Waals surface area contributed by atoms with Crippen molar-refractivity contribution in [1.82, 2.24) is 9.97 Å². The molecule has 0 radical (unpaired) electrons. The Labute approximate surface area is 63.3 Å². The number of aromatic nitrogens is 2. The zero-order valence-electron chi connectivity index (χ0n) is 6.39. The Kier molecular flexibility index (Phi) is 1.76. The van der Waals surface area contributed by atoms with E-state index >= 15 is 0 Å². The van der Waals surface area contributed by atoms with Gasteiger partial charge in [0.1, 0.15) is 5.82 Å². The Morgan fingerprint density at radius 1 is 1.64 bits per heavy atom. The zero-order chi connectivity index (χ0) is 8.48. The Morgan fingerprint density at radius 3 is 2.64 bits per heavy atom. The predicted octanol–water partition coefficient (Wildman–Crippen LogP) is 0.974. The number of hydrogen-bond donors (Lipinski definition) is 1. The van der Waals surface area contributed by atoms with Gasteiger partial charge in [0.2, 0.25) is 0 Å². The van der Waals surface area contributed by atoms with Crippen molar-refractivity contribution in [3.8, 4) is 0 Å². The Balaban J connectivity index is 3.16. The van der Waals surface area contributed by atoms with Crippen molar-refractivity contribution < 1.29 is 4.39 Å². The molecule has 0 saturated carbocycles. The van der Waals surface area contributed by atoms with E-state index in [9.17, 15) is 9.18 Å². The van der Waals surface area contributed by atoms with Crippen LogP contribution in [0.2, 0.25) is 0 Å². The van der Waals surface area contributed by atoms with E-state index < -0.39 is 5.67 Å². The molecule has 0 fully saturated rings. The van der Waals surface area contributed by atoms with Crippen LogP contribution in [0.1, 0.15) is 19.7 Å². The second kappa shape index (κ2) is 2.45. The molecule has 4 heteroatoms. The van der Waals surface area contributed by atoms with Gasteiger partial charge < -0.3 is 4.98 Å². The van der Waals surface area contributed by atoms with Crippen LogP contribution in [0.15, 0.2) is 17.1 Å². The normalized spacial score (nSPS) is 11.5. The average molecular weight is 156 g/mol. The molecule has 0 bridgehead atoms. The highest BCUT2D eigenvalue weighted by molar-refractivity contribution is 4.97. The number of H-pyrrole nitrogens is 1. The second-order valence-corrected chi connectivity index (χ2v) is 2.76. The Hall–Kier alpha value is -1.19. The van der Waals surface area contributed by atoms with Crippen LogP contribution in [-0.4, -0.2) is 9.97 Å². The van der Waals surface area contributed by atoms with Gasteiger partial charge in [-0.2, -0.15) is 0 Å². The Morgan fingerprint density at radius 2 is 2.27 bits per heavy atom. The van der Waals surface area contributed by atoms with Crippen LogP contribution in [0.4, 0.5) is 4.39 Å². The van der Waals surface area contributed by atoms with Gasteiger partial charge in [-0.15, -0.1) is 0 Å². The van der Waals surface area contributed by atoms with E-state index in [2.05, 4.69) is 9.97 Å². The number of nitrogens with zero attached hydrogens (tertiary/aromatic N) is 1. The topological polar surface area (TPSA) is 45.8 Å². The minimum atomic E-state index is -1.58. The average Bonchev–Trinajstić information content (AvgIpc) is 1.86. The highest BCUT2D eigenvalue weighted by atomic mass is 19.1. The third-order valence-electron chi connectivity index (χ3n) is 1.23. The lowest BCUT2D eigenvalue weighted by Gasteiger charge is -2.11. The van der Waals surface area contributed by atoms with Crippen molar-refractivity contribution in [2.75, 3.05) is 0 Å². The minimum absolute atomic E-state index is 0.0602. The van der Waals surface area contributed by atoms with Gasteiger partial charge >= 0.3 is 0 Å². The lowest BCUT2D eigenvalue weighted by atomic mass is 10.1. The van der Waals surface area contributed by atoms with Crippen molar-refractivity contribution >= 4 is 0 Å². The summed E-state index contributed by atoms with van der Waals surface area (Å²) in [5, 5.41) is 0. The van der Waals surface area contributed by atoms with Gasteiger partial charge in [-0.05, 0) is 13.8 Å². The number of rotatable bonds is 1. The van der Waals surface area contributed by atoms with Crippen LogP contribution in [0, 0.1) is 0 Å². The highest BCUT2D eigenvalue weighted by Crippen LogP contribution is 2.18. The van der Waals surface area contributed by atoms with Gasteiger partial charge in [0, 0.05) is 12.3 Å². The first-order valence-corrected chi connectivity index (χ1v) is 3.25. The van der Waals surface area contributed by atoms with Gasteiger partial charge in [-0.1, -0.05) is 0 Å². The molecule has 1 N–H and O–H groups in total. The summed E-state index contributed by atoms with van der Waals surface area (Å²) in [5.41, 5.74) is -1.92. The molecule has 0 aliphatic carbocycles. The third kappa shape index (κ3) is 1.86. The van der Waals surface area contributed by atoms with Gasteiger partial charge in [0.15, 0.2) is 5.67 Å². The SMILES string of the molecule is CC(C)(F)c1nccc(=O)[nH]1. The number of halogens is 1. The summed E-state index contributed by atoms with van der Waals surface area (Å²) in [5.74, 6) is 0.0602. The maximum Gasteiger partial charge on any atom is 0.250 e. The van der Waals surface area contributed by atoms with Crippen LogP contribution in [0.25, 0.3) is 0 Å². The molecule has 0 aliphatic rings. The first kappa shape index (κ1) is 7.91. The summed E-state index contributed by atoms with van der Waals surface area (Å²) in [4.78, 5) is 16.7. The fourth-order valence-corrected chi connectivity index (χ4v) is 0.672. The summed E-state index contributed by atoms with van der Waals surface area (Å²) in [7, 11) is 0. The first-order valence-electron chi connectivity index (χ1n) is 3.25. The van der Waals surface area contributed by atoms with E-state index in [4.69, 9.17) is 0 Å². The van der Waals surface area contributed by atoms with E-state index in [1.54, 1.807) is 0 Å². The van der Waals surface area contributed by atoms with E-state index in [1.165, 1.54) is 26.1 Å². The lowest BCUT2D eigenvalue weighted by molar-refractivity contribution is 0.206. The molecule has 11 heavy (non-hydrogen) atoms. The third-order valence-corrected chi connectivity index (χ3v) is 1.23. The molecule has 0 saturated heterocycles. The van der Waals surface area contributed by atoms with E-state index in [0.29, 0.717) is 0 Å². The molecule has 1 rings (SSSR count). The number of nitrogens with one attached hydrogen (secondary N) is 1. The molecule has 1 aromatic rings. The van der Waals surface area contributed by atoms with Crippen LogP contribution >= 0.6 is 0 Å². The van der Waals surface area contributed by atoms with E-state index in [1.807, 2.05) is 0 Å². The second-order valence-electron chi connectivity index (χ2n) is 2.76. The summed E-state index contributed by atoms with van der Waals surface area (Å²) in [6.07, 6.45) is 1.29. The van der Waals surface area contributed by atoms with E-state index in [0.717, 1.165) is 0 Å². The number of hydrogen-bond acceptors (Lipinski definition) is 2. The fourth-order valence-electron chi connectivity index (χ4n) is 0.672. The van der Waals surface area contributed by atoms with Gasteiger partial charge in [-0.25, -0.2) is 9.37 Å². The van der Waals surface area contributed by atoms with Crippen molar-refractivity contribution in [3.63, 3.8) is 0 Å². The summed E-state index contributed by atoms with van der Waals surface area (Å²) in [6.45, 7) is 2.68. The first-order chi connectivity index (χ1) is 5.00.